The van der Waals surface area contributed by atoms with E-state index in [2.05, 4.69) is 30.7 Å². The molecule has 0 amide bonds. The van der Waals surface area contributed by atoms with Gasteiger partial charge in [0.1, 0.15) is 0 Å². The van der Waals surface area contributed by atoms with Gasteiger partial charge in [0.2, 0.25) is 0 Å². The molecular formula is C16H26FN3O. The number of rotatable bonds is 3. The topological polar surface area (TPSA) is 41.7 Å². The number of hydrogen-bond acceptors (Lipinski definition) is 4. The lowest BCUT2D eigenvalue weighted by molar-refractivity contribution is 0.139. The van der Waals surface area contributed by atoms with E-state index in [1.54, 1.807) is 6.07 Å². The second kappa shape index (κ2) is 5.72. The molecule has 118 valence electrons. The molecular weight excluding hydrogens is 269 g/mol. The van der Waals surface area contributed by atoms with Crippen LogP contribution in [-0.4, -0.2) is 43.2 Å². The number of halogens is 1. The standard InChI is InChI=1S/C16H26FN3O/c1-11(2)21-15-9-14(13(18)8-12(15)17)20-7-6-19(5)16(3,4)10-20/h8-9,11H,6-7,10,18H2,1-5H3. The van der Waals surface area contributed by atoms with Gasteiger partial charge < -0.3 is 15.4 Å². The van der Waals surface area contributed by atoms with Gasteiger partial charge in [-0.1, -0.05) is 0 Å². The fourth-order valence-corrected chi connectivity index (χ4v) is 2.62. The van der Waals surface area contributed by atoms with E-state index in [-0.39, 0.29) is 17.4 Å². The summed E-state index contributed by atoms with van der Waals surface area (Å²) in [6, 6.07) is 3.09. The van der Waals surface area contributed by atoms with Crippen LogP contribution < -0.4 is 15.4 Å². The first-order valence-corrected chi connectivity index (χ1v) is 7.42. The van der Waals surface area contributed by atoms with Gasteiger partial charge in [-0.15, -0.1) is 0 Å². The molecule has 1 heterocycles. The highest BCUT2D eigenvalue weighted by molar-refractivity contribution is 5.70. The van der Waals surface area contributed by atoms with Crippen LogP contribution >= 0.6 is 0 Å². The normalized spacial score (nSPS) is 19.1. The monoisotopic (exact) mass is 295 g/mol. The van der Waals surface area contributed by atoms with E-state index < -0.39 is 5.82 Å². The van der Waals surface area contributed by atoms with E-state index in [9.17, 15) is 4.39 Å². The Hall–Kier alpha value is -1.49. The molecule has 21 heavy (non-hydrogen) atoms. The minimum atomic E-state index is -0.404. The smallest absolute Gasteiger partial charge is 0.167 e. The number of nitrogens with two attached hydrogens (primary N) is 1. The zero-order valence-corrected chi connectivity index (χ0v) is 13.6. The van der Waals surface area contributed by atoms with Crippen molar-refractivity contribution in [3.8, 4) is 5.75 Å². The predicted octanol–water partition coefficient (Wildman–Crippen LogP) is 2.73. The second-order valence-corrected chi connectivity index (χ2v) is 6.66. The summed E-state index contributed by atoms with van der Waals surface area (Å²) in [4.78, 5) is 4.54. The Kier molecular flexibility index (Phi) is 4.33. The molecule has 1 aromatic rings. The molecule has 1 aromatic carbocycles. The Morgan fingerprint density at radius 1 is 1.29 bits per heavy atom. The van der Waals surface area contributed by atoms with Crippen molar-refractivity contribution in [1.29, 1.82) is 0 Å². The van der Waals surface area contributed by atoms with Crippen LogP contribution in [0.3, 0.4) is 0 Å². The van der Waals surface area contributed by atoms with Crippen LogP contribution in [0.1, 0.15) is 27.7 Å². The van der Waals surface area contributed by atoms with Crippen molar-refractivity contribution in [2.75, 3.05) is 37.3 Å². The lowest BCUT2D eigenvalue weighted by Gasteiger charge is -2.46. The van der Waals surface area contributed by atoms with Crippen LogP contribution in [0.25, 0.3) is 0 Å². The van der Waals surface area contributed by atoms with Crippen molar-refractivity contribution in [2.24, 2.45) is 0 Å². The Labute approximate surface area is 126 Å². The van der Waals surface area contributed by atoms with E-state index in [0.717, 1.165) is 25.3 Å². The number of anilines is 2. The van der Waals surface area contributed by atoms with E-state index >= 15 is 0 Å². The highest BCUT2D eigenvalue weighted by Crippen LogP contribution is 2.34. The predicted molar refractivity (Wildman–Crippen MR) is 85.5 cm³/mol. The Bertz CT molecular complexity index is 516. The molecule has 2 N–H and O–H groups in total. The summed E-state index contributed by atoms with van der Waals surface area (Å²) in [5.74, 6) is -0.135. The molecule has 2 rings (SSSR count). The molecule has 1 aliphatic rings. The lowest BCUT2D eigenvalue weighted by Crippen LogP contribution is -2.57. The van der Waals surface area contributed by atoms with Crippen molar-refractivity contribution in [3.63, 3.8) is 0 Å². The maximum Gasteiger partial charge on any atom is 0.167 e. The van der Waals surface area contributed by atoms with E-state index in [1.807, 2.05) is 13.8 Å². The van der Waals surface area contributed by atoms with Gasteiger partial charge in [0, 0.05) is 37.3 Å². The summed E-state index contributed by atoms with van der Waals surface area (Å²) in [7, 11) is 2.12. The van der Waals surface area contributed by atoms with Gasteiger partial charge in [0.15, 0.2) is 11.6 Å². The Morgan fingerprint density at radius 3 is 2.52 bits per heavy atom. The number of hydrogen-bond donors (Lipinski definition) is 1. The number of benzene rings is 1. The quantitative estimate of drug-likeness (QED) is 0.871. The molecule has 0 radical (unpaired) electrons. The van der Waals surface area contributed by atoms with Crippen LogP contribution in [0.15, 0.2) is 12.1 Å². The van der Waals surface area contributed by atoms with E-state index in [0.29, 0.717) is 5.69 Å². The van der Waals surface area contributed by atoms with Gasteiger partial charge in [-0.25, -0.2) is 4.39 Å². The zero-order valence-electron chi connectivity index (χ0n) is 13.6. The van der Waals surface area contributed by atoms with Crippen molar-refractivity contribution in [2.45, 2.75) is 39.3 Å². The van der Waals surface area contributed by atoms with Gasteiger partial charge in [-0.3, -0.25) is 4.90 Å². The fraction of sp³-hybridized carbons (Fsp3) is 0.625. The van der Waals surface area contributed by atoms with Gasteiger partial charge in [0.25, 0.3) is 0 Å². The zero-order chi connectivity index (χ0) is 15.8. The first kappa shape index (κ1) is 15.9. The molecule has 0 bridgehead atoms. The number of likely N-dealkylation sites (N-methyl/N-ethyl adjacent to an activating group) is 1. The highest BCUT2D eigenvalue weighted by atomic mass is 19.1. The third-order valence-electron chi connectivity index (χ3n) is 4.10. The maximum absolute atomic E-state index is 13.9. The minimum absolute atomic E-state index is 0.0537. The van der Waals surface area contributed by atoms with Crippen LogP contribution in [0, 0.1) is 5.82 Å². The third-order valence-corrected chi connectivity index (χ3v) is 4.10. The molecule has 0 atom stereocenters. The van der Waals surface area contributed by atoms with Gasteiger partial charge in [-0.05, 0) is 34.7 Å². The molecule has 4 nitrogen and oxygen atoms in total. The third kappa shape index (κ3) is 3.40. The van der Waals surface area contributed by atoms with Crippen molar-refractivity contribution in [1.82, 2.24) is 4.90 Å². The Balaban J connectivity index is 2.31. The van der Waals surface area contributed by atoms with Crippen LogP contribution in [0.5, 0.6) is 5.75 Å². The van der Waals surface area contributed by atoms with Gasteiger partial charge >= 0.3 is 0 Å². The summed E-state index contributed by atoms with van der Waals surface area (Å²) in [5.41, 5.74) is 7.39. The number of nitrogen functional groups attached to an aromatic ring is 1. The molecule has 0 aliphatic carbocycles. The van der Waals surface area contributed by atoms with E-state index in [1.165, 1.54) is 6.07 Å². The van der Waals surface area contributed by atoms with Gasteiger partial charge in [-0.2, -0.15) is 0 Å². The second-order valence-electron chi connectivity index (χ2n) is 6.66. The van der Waals surface area contributed by atoms with E-state index in [4.69, 9.17) is 10.5 Å². The first-order chi connectivity index (χ1) is 9.70. The van der Waals surface area contributed by atoms with Crippen molar-refractivity contribution < 1.29 is 9.13 Å². The summed E-state index contributed by atoms with van der Waals surface area (Å²) in [6.45, 7) is 10.8. The molecule has 0 unspecified atom stereocenters. The van der Waals surface area contributed by atoms with Crippen LogP contribution in [0.4, 0.5) is 15.8 Å². The summed E-state index contributed by atoms with van der Waals surface area (Å²) < 4.78 is 19.5. The SMILES string of the molecule is CC(C)Oc1cc(N2CCN(C)C(C)(C)C2)c(N)cc1F. The summed E-state index contributed by atoms with van der Waals surface area (Å²) >= 11 is 0. The summed E-state index contributed by atoms with van der Waals surface area (Å²) in [5, 5.41) is 0. The lowest BCUT2D eigenvalue weighted by atomic mass is 9.99. The average Bonchev–Trinajstić information content (AvgIpc) is 2.35. The largest absolute Gasteiger partial charge is 0.488 e. The molecule has 1 fully saturated rings. The number of nitrogens with zero attached hydrogens (tertiary/aromatic N) is 2. The minimum Gasteiger partial charge on any atom is -0.488 e. The number of ether oxygens (including phenoxy) is 1. The van der Waals surface area contributed by atoms with Crippen molar-refractivity contribution in [3.05, 3.63) is 17.9 Å². The first-order valence-electron chi connectivity index (χ1n) is 7.42. The van der Waals surface area contributed by atoms with Crippen LogP contribution in [0.2, 0.25) is 0 Å². The van der Waals surface area contributed by atoms with Crippen LogP contribution in [-0.2, 0) is 0 Å². The molecule has 0 spiro atoms. The van der Waals surface area contributed by atoms with Gasteiger partial charge in [0.05, 0.1) is 17.5 Å². The Morgan fingerprint density at radius 2 is 1.95 bits per heavy atom. The highest BCUT2D eigenvalue weighted by Gasteiger charge is 2.32. The molecule has 0 aromatic heterocycles. The van der Waals surface area contributed by atoms with Crippen molar-refractivity contribution >= 4 is 11.4 Å². The molecule has 5 heteroatoms. The maximum atomic E-state index is 13.9. The number of piperazine rings is 1. The molecule has 1 aliphatic heterocycles. The summed E-state index contributed by atoms with van der Waals surface area (Å²) in [6.07, 6.45) is -0.0695. The average molecular weight is 295 g/mol. The molecule has 0 saturated carbocycles. The fourth-order valence-electron chi connectivity index (χ4n) is 2.62. The molecule has 1 saturated heterocycles.